The van der Waals surface area contributed by atoms with Gasteiger partial charge < -0.3 is 9.40 Å². The van der Waals surface area contributed by atoms with Crippen LogP contribution < -0.4 is 5.56 Å². The summed E-state index contributed by atoms with van der Waals surface area (Å²) in [6.07, 6.45) is 2.94. The number of aromatic nitrogens is 2. The third kappa shape index (κ3) is 2.26. The molecule has 0 aromatic carbocycles. The Bertz CT molecular complexity index is 984. The standard InChI is InChI=1S/C15H13N3O4S/c1-7-2-3-8-10(6-7)23-15-12(8)14(19)16-13(17-15)9-4-5-11(22-9)18(20)21/h4-5,7H,2-3,6H2,1H3,(H,16,17,19). The fourth-order valence-electron chi connectivity index (χ4n) is 3.02. The third-order valence-electron chi connectivity index (χ3n) is 4.17. The molecular formula is C15H13N3O4S. The van der Waals surface area contributed by atoms with Crippen molar-refractivity contribution in [2.24, 2.45) is 5.92 Å². The average molecular weight is 331 g/mol. The second-order valence-corrected chi connectivity index (χ2v) is 6.93. The molecule has 0 fully saturated rings. The molecule has 23 heavy (non-hydrogen) atoms. The lowest BCUT2D eigenvalue weighted by molar-refractivity contribution is -0.401. The van der Waals surface area contributed by atoms with Crippen molar-refractivity contribution in [3.05, 3.63) is 43.0 Å². The van der Waals surface area contributed by atoms with Crippen LogP contribution in [0.15, 0.2) is 21.3 Å². The van der Waals surface area contributed by atoms with Crippen molar-refractivity contribution in [2.45, 2.75) is 26.2 Å². The summed E-state index contributed by atoms with van der Waals surface area (Å²) in [5.74, 6) is 0.654. The highest BCUT2D eigenvalue weighted by Crippen LogP contribution is 2.36. The maximum Gasteiger partial charge on any atom is 0.433 e. The van der Waals surface area contributed by atoms with Gasteiger partial charge in [-0.05, 0) is 36.8 Å². The normalized spacial score (nSPS) is 17.3. The van der Waals surface area contributed by atoms with Gasteiger partial charge in [-0.1, -0.05) is 6.92 Å². The first-order valence-corrected chi connectivity index (χ1v) is 8.13. The molecule has 4 rings (SSSR count). The van der Waals surface area contributed by atoms with Gasteiger partial charge in [0.25, 0.3) is 5.56 Å². The third-order valence-corrected chi connectivity index (χ3v) is 5.32. The van der Waals surface area contributed by atoms with Crippen molar-refractivity contribution in [2.75, 3.05) is 0 Å². The van der Waals surface area contributed by atoms with Gasteiger partial charge in [0.1, 0.15) is 9.75 Å². The topological polar surface area (TPSA) is 102 Å². The molecule has 1 atom stereocenters. The summed E-state index contributed by atoms with van der Waals surface area (Å²) in [6, 6.07) is 2.69. The Morgan fingerprint density at radius 1 is 1.48 bits per heavy atom. The van der Waals surface area contributed by atoms with Crippen LogP contribution in [-0.4, -0.2) is 14.9 Å². The molecule has 1 unspecified atom stereocenters. The van der Waals surface area contributed by atoms with E-state index in [2.05, 4.69) is 16.9 Å². The number of nitro groups is 1. The molecule has 0 aliphatic heterocycles. The van der Waals surface area contributed by atoms with Gasteiger partial charge in [0.15, 0.2) is 11.6 Å². The first kappa shape index (κ1) is 14.1. The van der Waals surface area contributed by atoms with E-state index in [9.17, 15) is 14.9 Å². The minimum Gasteiger partial charge on any atom is -0.397 e. The van der Waals surface area contributed by atoms with Crippen LogP contribution in [0.25, 0.3) is 21.8 Å². The number of furan rings is 1. The monoisotopic (exact) mass is 331 g/mol. The molecule has 8 heteroatoms. The summed E-state index contributed by atoms with van der Waals surface area (Å²) in [7, 11) is 0. The van der Waals surface area contributed by atoms with E-state index in [1.807, 2.05) is 0 Å². The largest absolute Gasteiger partial charge is 0.433 e. The summed E-state index contributed by atoms with van der Waals surface area (Å²) in [5, 5.41) is 11.4. The van der Waals surface area contributed by atoms with Gasteiger partial charge in [-0.25, -0.2) is 4.98 Å². The Morgan fingerprint density at radius 3 is 3.04 bits per heavy atom. The Kier molecular flexibility index (Phi) is 3.08. The van der Waals surface area contributed by atoms with Crippen molar-refractivity contribution >= 4 is 27.4 Å². The molecule has 118 valence electrons. The number of nitrogens with zero attached hydrogens (tertiary/aromatic N) is 2. The lowest BCUT2D eigenvalue weighted by Gasteiger charge is -2.17. The lowest BCUT2D eigenvalue weighted by Crippen LogP contribution is -2.13. The summed E-state index contributed by atoms with van der Waals surface area (Å²) < 4.78 is 5.13. The van der Waals surface area contributed by atoms with E-state index in [1.54, 1.807) is 0 Å². The van der Waals surface area contributed by atoms with E-state index in [4.69, 9.17) is 4.42 Å². The Hall–Kier alpha value is -2.48. The van der Waals surface area contributed by atoms with Crippen LogP contribution in [0.5, 0.6) is 0 Å². The Morgan fingerprint density at radius 2 is 2.30 bits per heavy atom. The SMILES string of the molecule is CC1CCc2c(sc3nc(-c4ccc([N+](=O)[O-])o4)[nH]c(=O)c23)C1. The second-order valence-electron chi connectivity index (χ2n) is 5.84. The van der Waals surface area contributed by atoms with E-state index < -0.39 is 4.92 Å². The molecular weight excluding hydrogens is 318 g/mol. The number of nitrogens with one attached hydrogen (secondary N) is 1. The van der Waals surface area contributed by atoms with Crippen LogP contribution in [0.2, 0.25) is 0 Å². The number of thiophene rings is 1. The minimum absolute atomic E-state index is 0.190. The van der Waals surface area contributed by atoms with Crippen LogP contribution in [0.3, 0.4) is 0 Å². The predicted molar refractivity (Wildman–Crippen MR) is 85.8 cm³/mol. The zero-order chi connectivity index (χ0) is 16.1. The van der Waals surface area contributed by atoms with E-state index in [0.29, 0.717) is 16.1 Å². The van der Waals surface area contributed by atoms with Gasteiger partial charge in [0.2, 0.25) is 0 Å². The van der Waals surface area contributed by atoms with Crippen molar-refractivity contribution in [1.29, 1.82) is 0 Å². The number of H-pyrrole nitrogens is 1. The van der Waals surface area contributed by atoms with Crippen LogP contribution in [0, 0.1) is 16.0 Å². The van der Waals surface area contributed by atoms with Crippen molar-refractivity contribution in [3.63, 3.8) is 0 Å². The number of hydrogen-bond donors (Lipinski definition) is 1. The van der Waals surface area contributed by atoms with E-state index in [-0.39, 0.29) is 23.0 Å². The molecule has 3 heterocycles. The number of aryl methyl sites for hydroxylation is 1. The van der Waals surface area contributed by atoms with E-state index in [0.717, 1.165) is 24.8 Å². The predicted octanol–water partition coefficient (Wildman–Crippen LogP) is 3.28. The lowest BCUT2D eigenvalue weighted by atomic mass is 9.89. The fraction of sp³-hybridized carbons (Fsp3) is 0.333. The zero-order valence-corrected chi connectivity index (χ0v) is 13.1. The van der Waals surface area contributed by atoms with Gasteiger partial charge in [-0.15, -0.1) is 11.3 Å². The molecule has 0 spiro atoms. The molecule has 1 aliphatic carbocycles. The average Bonchev–Trinajstić information content (AvgIpc) is 3.10. The summed E-state index contributed by atoms with van der Waals surface area (Å²) in [4.78, 5) is 31.6. The highest BCUT2D eigenvalue weighted by Gasteiger charge is 2.24. The number of rotatable bonds is 2. The highest BCUT2D eigenvalue weighted by atomic mass is 32.1. The van der Waals surface area contributed by atoms with Crippen LogP contribution in [0.4, 0.5) is 5.88 Å². The minimum atomic E-state index is -0.620. The van der Waals surface area contributed by atoms with Gasteiger partial charge in [-0.3, -0.25) is 14.9 Å². The summed E-state index contributed by atoms with van der Waals surface area (Å²) in [6.45, 7) is 2.21. The van der Waals surface area contributed by atoms with Gasteiger partial charge in [-0.2, -0.15) is 0 Å². The molecule has 7 nitrogen and oxygen atoms in total. The maximum atomic E-state index is 12.5. The molecule has 0 saturated heterocycles. The number of fused-ring (bicyclic) bond motifs is 3. The zero-order valence-electron chi connectivity index (χ0n) is 12.3. The van der Waals surface area contributed by atoms with Gasteiger partial charge in [0.05, 0.1) is 11.5 Å². The summed E-state index contributed by atoms with van der Waals surface area (Å²) in [5.41, 5.74) is 0.893. The molecule has 0 bridgehead atoms. The van der Waals surface area contributed by atoms with Crippen LogP contribution in [-0.2, 0) is 12.8 Å². The molecule has 1 aliphatic rings. The van der Waals surface area contributed by atoms with E-state index >= 15 is 0 Å². The molecule has 3 aromatic rings. The first-order valence-electron chi connectivity index (χ1n) is 7.32. The Balaban J connectivity index is 1.87. The van der Waals surface area contributed by atoms with E-state index in [1.165, 1.54) is 28.3 Å². The molecule has 3 aromatic heterocycles. The second kappa shape index (κ2) is 5.02. The summed E-state index contributed by atoms with van der Waals surface area (Å²) >= 11 is 1.53. The Labute approximate surface area is 134 Å². The van der Waals surface area contributed by atoms with Gasteiger partial charge >= 0.3 is 5.88 Å². The molecule has 0 saturated carbocycles. The molecule has 0 radical (unpaired) electrons. The maximum absolute atomic E-state index is 12.5. The highest BCUT2D eigenvalue weighted by molar-refractivity contribution is 7.18. The smallest absolute Gasteiger partial charge is 0.397 e. The number of hydrogen-bond acceptors (Lipinski definition) is 6. The van der Waals surface area contributed by atoms with Gasteiger partial charge in [0, 0.05) is 4.88 Å². The molecule has 1 N–H and O–H groups in total. The van der Waals surface area contributed by atoms with Crippen LogP contribution in [0.1, 0.15) is 23.8 Å². The number of aromatic amines is 1. The first-order chi connectivity index (χ1) is 11.0. The van der Waals surface area contributed by atoms with Crippen molar-refractivity contribution in [1.82, 2.24) is 9.97 Å². The van der Waals surface area contributed by atoms with Crippen LogP contribution >= 0.6 is 11.3 Å². The van der Waals surface area contributed by atoms with Crippen molar-refractivity contribution in [3.8, 4) is 11.6 Å². The quantitative estimate of drug-likeness (QED) is 0.573. The molecule has 0 amide bonds. The fourth-order valence-corrected chi connectivity index (χ4v) is 4.40. The van der Waals surface area contributed by atoms with Crippen molar-refractivity contribution < 1.29 is 9.34 Å².